The van der Waals surface area contributed by atoms with Crippen molar-refractivity contribution in [3.8, 4) is 10.4 Å². The van der Waals surface area contributed by atoms with Crippen LogP contribution in [0.1, 0.15) is 17.0 Å². The van der Waals surface area contributed by atoms with Gasteiger partial charge in [-0.15, -0.1) is 11.3 Å². The van der Waals surface area contributed by atoms with Crippen molar-refractivity contribution < 1.29 is 19.8 Å². The number of carboxylic acids is 2. The number of hydrogen-bond donors (Lipinski definition) is 0. The average Bonchev–Trinajstić information content (AvgIpc) is 2.75. The summed E-state index contributed by atoms with van der Waals surface area (Å²) in [5.74, 6) is -5.07. The summed E-state index contributed by atoms with van der Waals surface area (Å²) in [5.41, 5.74) is 2.19. The molecule has 1 aromatic carbocycles. The summed E-state index contributed by atoms with van der Waals surface area (Å²) in [4.78, 5) is 22.6. The summed E-state index contributed by atoms with van der Waals surface area (Å²) < 4.78 is 0. The molecule has 2 rings (SSSR count). The van der Waals surface area contributed by atoms with Crippen molar-refractivity contribution in [3.05, 3.63) is 46.8 Å². The number of carboxylic acid groups (broad SMARTS) is 2. The highest BCUT2D eigenvalue weighted by Gasteiger charge is 2.14. The summed E-state index contributed by atoms with van der Waals surface area (Å²) in [6.45, 7) is 1.98. The monoisotopic (exact) mass is 274 g/mol. The van der Waals surface area contributed by atoms with E-state index < -0.39 is 17.9 Å². The number of hydrogen-bond acceptors (Lipinski definition) is 5. The molecular formula is C14H10O4S-2. The first-order valence-electron chi connectivity index (χ1n) is 5.57. The molecule has 0 spiro atoms. The molecule has 0 bridgehead atoms. The van der Waals surface area contributed by atoms with E-state index in [1.165, 1.54) is 12.1 Å². The minimum absolute atomic E-state index is 0.151. The summed E-state index contributed by atoms with van der Waals surface area (Å²) >= 11 is 1.57. The highest BCUT2D eigenvalue weighted by molar-refractivity contribution is 7.13. The third-order valence-corrected chi connectivity index (χ3v) is 3.91. The maximum Gasteiger partial charge on any atom is 0.0632 e. The van der Waals surface area contributed by atoms with Crippen LogP contribution in [0.15, 0.2) is 35.7 Å². The predicted octanol–water partition coefficient (Wildman–Crippen LogP) is 0.307. The zero-order valence-corrected chi connectivity index (χ0v) is 10.9. The minimum atomic E-state index is -1.74. The summed E-state index contributed by atoms with van der Waals surface area (Å²) in [6, 6.07) is 8.34. The lowest BCUT2D eigenvalue weighted by Crippen LogP contribution is -2.41. The number of rotatable bonds is 4. The van der Waals surface area contributed by atoms with Crippen molar-refractivity contribution in [1.82, 2.24) is 0 Å². The average molecular weight is 274 g/mol. The second-order valence-corrected chi connectivity index (χ2v) is 5.04. The van der Waals surface area contributed by atoms with E-state index in [4.69, 9.17) is 0 Å². The smallest absolute Gasteiger partial charge is 0.0632 e. The van der Waals surface area contributed by atoms with Crippen LogP contribution in [0.4, 0.5) is 0 Å². The Morgan fingerprint density at radius 1 is 1.05 bits per heavy atom. The Balaban J connectivity index is 2.35. The molecule has 0 saturated heterocycles. The standard InChI is InChI=1S/C14H12O4S/c1-8-6-7-19-12(8)10-4-2-9(3-5-10)11(13(15)16)14(17)18/h2-7,11H,1H3,(H,15,16)(H,17,18)/p-2. The largest absolute Gasteiger partial charge is 0.549 e. The molecule has 0 atom stereocenters. The molecule has 0 fully saturated rings. The van der Waals surface area contributed by atoms with Crippen LogP contribution in [0.5, 0.6) is 0 Å². The van der Waals surface area contributed by atoms with E-state index in [0.717, 1.165) is 16.0 Å². The molecule has 1 heterocycles. The molecule has 0 unspecified atom stereocenters. The van der Waals surface area contributed by atoms with Gasteiger partial charge < -0.3 is 19.8 Å². The Morgan fingerprint density at radius 3 is 2.05 bits per heavy atom. The molecule has 0 amide bonds. The summed E-state index contributed by atoms with van der Waals surface area (Å²) in [5, 5.41) is 23.5. The molecule has 0 N–H and O–H groups in total. The van der Waals surface area contributed by atoms with E-state index in [9.17, 15) is 19.8 Å². The first-order chi connectivity index (χ1) is 9.00. The van der Waals surface area contributed by atoms with Gasteiger partial charge in [0.15, 0.2) is 0 Å². The highest BCUT2D eigenvalue weighted by Crippen LogP contribution is 2.30. The van der Waals surface area contributed by atoms with Gasteiger partial charge in [0.25, 0.3) is 0 Å². The van der Waals surface area contributed by atoms with E-state index in [1.807, 2.05) is 18.4 Å². The second-order valence-electron chi connectivity index (χ2n) is 4.13. The molecule has 0 aliphatic rings. The van der Waals surface area contributed by atoms with Gasteiger partial charge in [-0.05, 0) is 35.1 Å². The van der Waals surface area contributed by atoms with E-state index in [2.05, 4.69) is 0 Å². The predicted molar refractivity (Wildman–Crippen MR) is 67.2 cm³/mol. The van der Waals surface area contributed by atoms with E-state index in [1.54, 1.807) is 23.5 Å². The molecule has 0 aliphatic heterocycles. The number of benzene rings is 1. The number of aliphatic carboxylic acids is 2. The van der Waals surface area contributed by atoms with Crippen LogP contribution in [0.25, 0.3) is 10.4 Å². The van der Waals surface area contributed by atoms with Crippen LogP contribution < -0.4 is 10.2 Å². The Hall–Kier alpha value is -2.14. The lowest BCUT2D eigenvalue weighted by molar-refractivity contribution is -0.326. The number of aryl methyl sites for hydroxylation is 1. The Morgan fingerprint density at radius 2 is 1.63 bits per heavy atom. The number of carbonyl (C=O) groups excluding carboxylic acids is 2. The molecule has 0 radical (unpaired) electrons. The third-order valence-electron chi connectivity index (χ3n) is 2.84. The molecular weight excluding hydrogens is 264 g/mol. The van der Waals surface area contributed by atoms with Gasteiger partial charge in [-0.2, -0.15) is 0 Å². The topological polar surface area (TPSA) is 80.3 Å². The fourth-order valence-corrected chi connectivity index (χ4v) is 2.80. The Bertz CT molecular complexity index is 599. The molecule has 4 nitrogen and oxygen atoms in total. The van der Waals surface area contributed by atoms with Crippen LogP contribution in [0.3, 0.4) is 0 Å². The van der Waals surface area contributed by atoms with Crippen molar-refractivity contribution in [2.45, 2.75) is 12.8 Å². The van der Waals surface area contributed by atoms with Crippen LogP contribution in [0.2, 0.25) is 0 Å². The normalized spacial score (nSPS) is 10.6. The molecule has 5 heteroatoms. The SMILES string of the molecule is Cc1ccsc1-c1ccc(C(C(=O)[O-])C(=O)[O-])cc1. The van der Waals surface area contributed by atoms with Crippen molar-refractivity contribution in [2.24, 2.45) is 0 Å². The van der Waals surface area contributed by atoms with Crippen molar-refractivity contribution >= 4 is 23.3 Å². The van der Waals surface area contributed by atoms with Gasteiger partial charge in [-0.1, -0.05) is 24.3 Å². The van der Waals surface area contributed by atoms with Crippen molar-refractivity contribution in [1.29, 1.82) is 0 Å². The van der Waals surface area contributed by atoms with Crippen molar-refractivity contribution in [3.63, 3.8) is 0 Å². The minimum Gasteiger partial charge on any atom is -0.549 e. The highest BCUT2D eigenvalue weighted by atomic mass is 32.1. The van der Waals surface area contributed by atoms with Gasteiger partial charge in [0.05, 0.1) is 17.9 Å². The zero-order valence-electron chi connectivity index (χ0n) is 10.1. The van der Waals surface area contributed by atoms with E-state index >= 15 is 0 Å². The molecule has 0 aliphatic carbocycles. The van der Waals surface area contributed by atoms with Crippen LogP contribution in [-0.4, -0.2) is 11.9 Å². The summed E-state index contributed by atoms with van der Waals surface area (Å²) in [6.07, 6.45) is 0. The maximum absolute atomic E-state index is 10.8. The van der Waals surface area contributed by atoms with E-state index in [0.29, 0.717) is 0 Å². The van der Waals surface area contributed by atoms with Gasteiger partial charge in [0, 0.05) is 4.88 Å². The van der Waals surface area contributed by atoms with Crippen molar-refractivity contribution in [2.75, 3.05) is 0 Å². The van der Waals surface area contributed by atoms with Gasteiger partial charge in [0.2, 0.25) is 0 Å². The van der Waals surface area contributed by atoms with Crippen LogP contribution in [-0.2, 0) is 9.59 Å². The van der Waals surface area contributed by atoms with E-state index in [-0.39, 0.29) is 5.56 Å². The first-order valence-corrected chi connectivity index (χ1v) is 6.45. The van der Waals surface area contributed by atoms with Gasteiger partial charge in [-0.25, -0.2) is 0 Å². The van der Waals surface area contributed by atoms with Crippen LogP contribution in [0, 0.1) is 6.92 Å². The first kappa shape index (κ1) is 13.3. The Labute approximate surface area is 114 Å². The lowest BCUT2D eigenvalue weighted by Gasteiger charge is -2.19. The van der Waals surface area contributed by atoms with Gasteiger partial charge in [-0.3, -0.25) is 0 Å². The molecule has 1 aromatic heterocycles. The molecule has 19 heavy (non-hydrogen) atoms. The van der Waals surface area contributed by atoms with Gasteiger partial charge >= 0.3 is 0 Å². The molecule has 2 aromatic rings. The van der Waals surface area contributed by atoms with Gasteiger partial charge in [0.1, 0.15) is 0 Å². The fraction of sp³-hybridized carbons (Fsp3) is 0.143. The maximum atomic E-state index is 10.8. The second kappa shape index (κ2) is 5.24. The number of carbonyl (C=O) groups is 2. The third kappa shape index (κ3) is 2.66. The van der Waals surface area contributed by atoms with Crippen LogP contribution >= 0.6 is 11.3 Å². The summed E-state index contributed by atoms with van der Waals surface area (Å²) in [7, 11) is 0. The fourth-order valence-electron chi connectivity index (χ4n) is 1.86. The number of thiophene rings is 1. The molecule has 0 saturated carbocycles. The quantitative estimate of drug-likeness (QED) is 0.751. The zero-order chi connectivity index (χ0) is 14.0. The lowest BCUT2D eigenvalue weighted by atomic mass is 9.97. The molecule has 98 valence electrons. The Kier molecular flexibility index (Phi) is 3.66.